The second-order valence-electron chi connectivity index (χ2n) is 16.0. The molecule has 10 aromatic rings. The maximum Gasteiger partial charge on any atom is 0.0991 e. The zero-order chi connectivity index (χ0) is 39.8. The van der Waals surface area contributed by atoms with Crippen LogP contribution in [0.1, 0.15) is 38.9 Å². The van der Waals surface area contributed by atoms with Crippen molar-refractivity contribution in [3.8, 4) is 50.8 Å². The first kappa shape index (κ1) is 35.2. The Balaban J connectivity index is 1.22. The fourth-order valence-corrected chi connectivity index (χ4v) is 9.86. The molecule has 3 heterocycles. The van der Waals surface area contributed by atoms with E-state index in [1.807, 2.05) is 24.5 Å². The van der Waals surface area contributed by atoms with Crippen LogP contribution in [0, 0.1) is 52.9 Å². The first-order valence-electron chi connectivity index (χ1n) is 19.9. The predicted molar refractivity (Wildman–Crippen MR) is 242 cm³/mol. The van der Waals surface area contributed by atoms with Crippen molar-refractivity contribution >= 4 is 43.6 Å². The molecule has 0 atom stereocenters. The molecule has 0 aliphatic carbocycles. The average molecular weight is 747 g/mol. The SMILES string of the molecule is Cc1cc(C)c(-c2ccc3c(c2)c2ccccc2n3-c2ccc(C#N)cc2-c2ccncc2-n2c3ccccc3c3cc(-c4c(C)cc(C)cc4C)ccc32)c(C)c1. The summed E-state index contributed by atoms with van der Waals surface area (Å²) in [5.74, 6) is 0. The van der Waals surface area contributed by atoms with Crippen LogP contribution in [0.5, 0.6) is 0 Å². The molecular weight excluding hydrogens is 705 g/mol. The molecule has 0 spiro atoms. The third-order valence-corrected chi connectivity index (χ3v) is 12.0. The van der Waals surface area contributed by atoms with Gasteiger partial charge in [0, 0.05) is 38.9 Å². The van der Waals surface area contributed by atoms with Gasteiger partial charge in [0.1, 0.15) is 0 Å². The zero-order valence-corrected chi connectivity index (χ0v) is 33.6. The zero-order valence-electron chi connectivity index (χ0n) is 33.6. The van der Waals surface area contributed by atoms with E-state index in [-0.39, 0.29) is 0 Å². The minimum absolute atomic E-state index is 0.602. The van der Waals surface area contributed by atoms with E-state index < -0.39 is 0 Å². The van der Waals surface area contributed by atoms with Crippen molar-refractivity contribution < 1.29 is 0 Å². The topological polar surface area (TPSA) is 46.5 Å². The third-order valence-electron chi connectivity index (χ3n) is 12.0. The Morgan fingerprint density at radius 3 is 1.45 bits per heavy atom. The lowest BCUT2D eigenvalue weighted by atomic mass is 9.93. The standard InChI is InChI=1S/C54H42N4/c1-32-23-34(3)53(35(4)24-32)39-16-19-50-45(28-39)41-11-7-9-13-47(41)57(50)49-18-15-38(30-55)27-44(49)43-21-22-56-31-52(43)58-48-14-10-8-12-42(48)46-29-40(17-20-51(46)58)54-36(5)25-33(2)26-37(54)6/h7-29,31H,1-6H3. The summed E-state index contributed by atoms with van der Waals surface area (Å²) in [6.45, 7) is 13.2. The summed E-state index contributed by atoms with van der Waals surface area (Å²) in [5.41, 5.74) is 21.6. The van der Waals surface area contributed by atoms with Gasteiger partial charge in [-0.2, -0.15) is 5.26 Å². The maximum absolute atomic E-state index is 10.3. The smallest absolute Gasteiger partial charge is 0.0991 e. The number of nitrogens with zero attached hydrogens (tertiary/aromatic N) is 4. The van der Waals surface area contributed by atoms with Crippen molar-refractivity contribution in [2.45, 2.75) is 41.5 Å². The molecule has 0 aliphatic rings. The first-order valence-corrected chi connectivity index (χ1v) is 19.9. The Morgan fingerprint density at radius 1 is 0.448 bits per heavy atom. The van der Waals surface area contributed by atoms with Gasteiger partial charge in [0.15, 0.2) is 0 Å². The number of para-hydroxylation sites is 2. The molecule has 4 nitrogen and oxygen atoms in total. The van der Waals surface area contributed by atoms with Gasteiger partial charge in [0.2, 0.25) is 0 Å². The van der Waals surface area contributed by atoms with Crippen LogP contribution in [0.15, 0.2) is 146 Å². The minimum Gasteiger partial charge on any atom is -0.309 e. The number of aryl methyl sites for hydroxylation is 6. The van der Waals surface area contributed by atoms with Gasteiger partial charge in [-0.1, -0.05) is 83.9 Å². The summed E-state index contributed by atoms with van der Waals surface area (Å²) in [6.07, 6.45) is 3.83. The van der Waals surface area contributed by atoms with E-state index in [2.05, 4.69) is 178 Å². The number of hydrogen-bond acceptors (Lipinski definition) is 2. The largest absolute Gasteiger partial charge is 0.309 e. The summed E-state index contributed by atoms with van der Waals surface area (Å²) < 4.78 is 4.72. The van der Waals surface area contributed by atoms with Gasteiger partial charge in [-0.3, -0.25) is 4.98 Å². The van der Waals surface area contributed by atoms with Crippen molar-refractivity contribution in [2.24, 2.45) is 0 Å². The first-order chi connectivity index (χ1) is 28.2. The fraction of sp³-hybridized carbons (Fsp3) is 0.111. The van der Waals surface area contributed by atoms with Crippen molar-refractivity contribution in [3.63, 3.8) is 0 Å². The van der Waals surface area contributed by atoms with Gasteiger partial charge in [-0.05, 0) is 147 Å². The molecule has 3 aromatic heterocycles. The van der Waals surface area contributed by atoms with Crippen LogP contribution in [-0.2, 0) is 0 Å². The number of benzene rings is 7. The molecule has 7 aromatic carbocycles. The highest BCUT2D eigenvalue weighted by Crippen LogP contribution is 2.43. The Labute approximate surface area is 338 Å². The number of fused-ring (bicyclic) bond motifs is 6. The molecule has 0 amide bonds. The molecular formula is C54H42N4. The summed E-state index contributed by atoms with van der Waals surface area (Å²) in [4.78, 5) is 4.74. The predicted octanol–water partition coefficient (Wildman–Crippen LogP) is 14.0. The van der Waals surface area contributed by atoms with Crippen LogP contribution < -0.4 is 0 Å². The molecule has 0 N–H and O–H groups in total. The lowest BCUT2D eigenvalue weighted by Crippen LogP contribution is -2.02. The monoisotopic (exact) mass is 746 g/mol. The van der Waals surface area contributed by atoms with Gasteiger partial charge in [0.05, 0.1) is 51.3 Å². The molecule has 0 aliphatic heterocycles. The number of rotatable bonds is 5. The molecule has 278 valence electrons. The highest BCUT2D eigenvalue weighted by atomic mass is 15.0. The molecule has 58 heavy (non-hydrogen) atoms. The Morgan fingerprint density at radius 2 is 0.931 bits per heavy atom. The van der Waals surface area contributed by atoms with Gasteiger partial charge in [0.25, 0.3) is 0 Å². The lowest BCUT2D eigenvalue weighted by Gasteiger charge is -2.19. The van der Waals surface area contributed by atoms with E-state index in [0.29, 0.717) is 5.56 Å². The van der Waals surface area contributed by atoms with Crippen LogP contribution >= 0.6 is 0 Å². The second kappa shape index (κ2) is 13.5. The Kier molecular flexibility index (Phi) is 8.18. The summed E-state index contributed by atoms with van der Waals surface area (Å²) in [6, 6.07) is 50.7. The Hall–Kier alpha value is -7.22. The van der Waals surface area contributed by atoms with E-state index in [0.717, 1.165) is 44.6 Å². The summed E-state index contributed by atoms with van der Waals surface area (Å²) in [5, 5.41) is 15.1. The second-order valence-corrected chi connectivity index (χ2v) is 16.0. The van der Waals surface area contributed by atoms with Crippen molar-refractivity contribution in [2.75, 3.05) is 0 Å². The molecule has 0 saturated carbocycles. The number of pyridine rings is 1. The van der Waals surface area contributed by atoms with Gasteiger partial charge in [-0.25, -0.2) is 0 Å². The average Bonchev–Trinajstić information content (AvgIpc) is 3.72. The van der Waals surface area contributed by atoms with Crippen LogP contribution in [0.2, 0.25) is 0 Å². The van der Waals surface area contributed by atoms with Crippen LogP contribution in [-0.4, -0.2) is 14.1 Å². The minimum atomic E-state index is 0.602. The van der Waals surface area contributed by atoms with E-state index in [9.17, 15) is 5.26 Å². The number of nitriles is 1. The van der Waals surface area contributed by atoms with Crippen molar-refractivity contribution in [3.05, 3.63) is 185 Å². The maximum atomic E-state index is 10.3. The highest BCUT2D eigenvalue weighted by Gasteiger charge is 2.22. The van der Waals surface area contributed by atoms with E-state index >= 15 is 0 Å². The highest BCUT2D eigenvalue weighted by molar-refractivity contribution is 6.13. The quantitative estimate of drug-likeness (QED) is 0.176. The summed E-state index contributed by atoms with van der Waals surface area (Å²) >= 11 is 0. The molecule has 0 bridgehead atoms. The van der Waals surface area contributed by atoms with Crippen LogP contribution in [0.25, 0.3) is 88.4 Å². The third kappa shape index (κ3) is 5.46. The normalized spacial score (nSPS) is 11.6. The molecule has 0 radical (unpaired) electrons. The molecule has 0 fully saturated rings. The number of aromatic nitrogens is 3. The van der Waals surface area contributed by atoms with Gasteiger partial charge < -0.3 is 9.13 Å². The van der Waals surface area contributed by atoms with E-state index in [1.54, 1.807) is 0 Å². The summed E-state index contributed by atoms with van der Waals surface area (Å²) in [7, 11) is 0. The molecule has 0 saturated heterocycles. The fourth-order valence-electron chi connectivity index (χ4n) is 9.86. The van der Waals surface area contributed by atoms with Crippen LogP contribution in [0.4, 0.5) is 0 Å². The van der Waals surface area contributed by atoms with Crippen molar-refractivity contribution in [1.82, 2.24) is 14.1 Å². The lowest BCUT2D eigenvalue weighted by molar-refractivity contribution is 1.13. The number of hydrogen-bond donors (Lipinski definition) is 0. The van der Waals surface area contributed by atoms with Crippen molar-refractivity contribution in [1.29, 1.82) is 5.26 Å². The van der Waals surface area contributed by atoms with E-state index in [1.165, 1.54) is 77.2 Å². The van der Waals surface area contributed by atoms with Crippen LogP contribution in [0.3, 0.4) is 0 Å². The Bertz CT molecular complexity index is 3320. The van der Waals surface area contributed by atoms with E-state index in [4.69, 9.17) is 4.98 Å². The molecule has 0 unspecified atom stereocenters. The van der Waals surface area contributed by atoms with Gasteiger partial charge in [-0.15, -0.1) is 0 Å². The molecule has 4 heteroatoms. The van der Waals surface area contributed by atoms with Gasteiger partial charge >= 0.3 is 0 Å². The molecule has 10 rings (SSSR count).